The predicted molar refractivity (Wildman–Crippen MR) is 62.3 cm³/mol. The molecule has 1 fully saturated rings. The number of hydrogen-bond acceptors (Lipinski definition) is 3. The Morgan fingerprint density at radius 1 is 1.62 bits per heavy atom. The Hall–Kier alpha value is -1.16. The molecule has 2 heterocycles. The normalized spacial score (nSPS) is 16.4. The van der Waals surface area contributed by atoms with Crippen LogP contribution < -0.4 is 5.32 Å². The van der Waals surface area contributed by atoms with Crippen molar-refractivity contribution in [1.29, 1.82) is 0 Å². The molecule has 4 nitrogen and oxygen atoms in total. The predicted octanol–water partition coefficient (Wildman–Crippen LogP) is 1.19. The largest absolute Gasteiger partial charge is 0.316 e. The third kappa shape index (κ3) is 2.70. The van der Waals surface area contributed by atoms with Gasteiger partial charge in [-0.2, -0.15) is 5.10 Å². The van der Waals surface area contributed by atoms with Crippen LogP contribution in [0.3, 0.4) is 0 Å². The van der Waals surface area contributed by atoms with Crippen LogP contribution in [0.5, 0.6) is 0 Å². The summed E-state index contributed by atoms with van der Waals surface area (Å²) in [6, 6.07) is 2.30. The molecular weight excluding hydrogens is 202 g/mol. The van der Waals surface area contributed by atoms with Gasteiger partial charge in [-0.25, -0.2) is 0 Å². The minimum absolute atomic E-state index is 0.306. The van der Waals surface area contributed by atoms with E-state index in [4.69, 9.17) is 0 Å². The van der Waals surface area contributed by atoms with Crippen molar-refractivity contribution in [3.05, 3.63) is 18.0 Å². The first-order chi connectivity index (χ1) is 7.65. The summed E-state index contributed by atoms with van der Waals surface area (Å²) in [4.78, 5) is 11.7. The molecular formula is C12H19N3O. The molecule has 0 saturated carbocycles. The molecule has 1 N–H and O–H groups in total. The van der Waals surface area contributed by atoms with Gasteiger partial charge < -0.3 is 5.32 Å². The Kier molecular flexibility index (Phi) is 3.39. The maximum atomic E-state index is 11.7. The van der Waals surface area contributed by atoms with Crippen LogP contribution in [0, 0.1) is 5.92 Å². The van der Waals surface area contributed by atoms with Gasteiger partial charge in [-0.15, -0.1) is 0 Å². The van der Waals surface area contributed by atoms with E-state index in [1.165, 1.54) is 0 Å². The summed E-state index contributed by atoms with van der Waals surface area (Å²) in [5.74, 6) is 0.861. The molecule has 0 aliphatic carbocycles. The van der Waals surface area contributed by atoms with E-state index in [9.17, 15) is 4.79 Å². The number of rotatable bonds is 5. The summed E-state index contributed by atoms with van der Waals surface area (Å²) in [7, 11) is 0. The Morgan fingerprint density at radius 2 is 2.38 bits per heavy atom. The highest BCUT2D eigenvalue weighted by Crippen LogP contribution is 2.11. The number of Topliss-reactive ketones (excluding diaryl/α,β-unsaturated/α-hetero) is 1. The van der Waals surface area contributed by atoms with Crippen LogP contribution in [0.15, 0.2) is 12.3 Å². The monoisotopic (exact) mass is 221 g/mol. The molecule has 1 aliphatic heterocycles. The van der Waals surface area contributed by atoms with E-state index in [0.717, 1.165) is 18.8 Å². The van der Waals surface area contributed by atoms with Gasteiger partial charge >= 0.3 is 0 Å². The van der Waals surface area contributed by atoms with E-state index in [2.05, 4.69) is 24.3 Å². The van der Waals surface area contributed by atoms with E-state index >= 15 is 0 Å². The summed E-state index contributed by atoms with van der Waals surface area (Å²) in [6.07, 6.45) is 3.12. The second-order valence-electron chi connectivity index (χ2n) is 4.82. The highest BCUT2D eigenvalue weighted by molar-refractivity contribution is 5.80. The van der Waals surface area contributed by atoms with Gasteiger partial charge in [-0.05, 0) is 38.9 Å². The Balaban J connectivity index is 1.85. The molecule has 1 aromatic rings. The topological polar surface area (TPSA) is 46.9 Å². The van der Waals surface area contributed by atoms with Crippen LogP contribution in [-0.2, 0) is 11.2 Å². The second kappa shape index (κ2) is 4.78. The molecule has 0 unspecified atom stereocenters. The van der Waals surface area contributed by atoms with Crippen LogP contribution in [0.25, 0.3) is 0 Å². The quantitative estimate of drug-likeness (QED) is 0.812. The number of hydrogen-bond donors (Lipinski definition) is 1. The second-order valence-corrected chi connectivity index (χ2v) is 4.82. The summed E-state index contributed by atoms with van der Waals surface area (Å²) in [5, 5.41) is 7.56. The SMILES string of the molecule is CC(C)n1ccc(CC(=O)CC2CNC2)n1. The molecule has 0 amide bonds. The smallest absolute Gasteiger partial charge is 0.139 e. The summed E-state index contributed by atoms with van der Waals surface area (Å²) >= 11 is 0. The average molecular weight is 221 g/mol. The summed E-state index contributed by atoms with van der Waals surface area (Å²) < 4.78 is 1.90. The Morgan fingerprint density at radius 3 is 2.88 bits per heavy atom. The number of carbonyl (C=O) groups is 1. The lowest BCUT2D eigenvalue weighted by molar-refractivity contribution is -0.119. The lowest BCUT2D eigenvalue weighted by Crippen LogP contribution is -2.43. The first-order valence-corrected chi connectivity index (χ1v) is 5.91. The lowest BCUT2D eigenvalue weighted by Gasteiger charge is -2.26. The van der Waals surface area contributed by atoms with Gasteiger partial charge in [0.2, 0.25) is 0 Å². The molecule has 88 valence electrons. The van der Waals surface area contributed by atoms with Crippen LogP contribution in [0.4, 0.5) is 0 Å². The molecule has 1 aromatic heterocycles. The number of carbonyl (C=O) groups excluding carboxylic acids is 1. The van der Waals surface area contributed by atoms with E-state index in [-0.39, 0.29) is 0 Å². The first kappa shape index (κ1) is 11.3. The standard InChI is InChI=1S/C12H19N3O/c1-9(2)15-4-3-11(14-15)6-12(16)5-10-7-13-8-10/h3-4,9-10,13H,5-8H2,1-2H3. The van der Waals surface area contributed by atoms with E-state index in [1.807, 2.05) is 16.9 Å². The minimum Gasteiger partial charge on any atom is -0.316 e. The molecule has 0 atom stereocenters. The first-order valence-electron chi connectivity index (χ1n) is 5.91. The van der Waals surface area contributed by atoms with Crippen molar-refractivity contribution >= 4 is 5.78 Å². The number of nitrogens with one attached hydrogen (secondary N) is 1. The van der Waals surface area contributed by atoms with Crippen LogP contribution in [-0.4, -0.2) is 28.7 Å². The molecule has 2 rings (SSSR count). The van der Waals surface area contributed by atoms with Crippen molar-refractivity contribution in [3.63, 3.8) is 0 Å². The molecule has 1 aliphatic rings. The Labute approximate surface area is 96.0 Å². The molecule has 0 radical (unpaired) electrons. The number of aromatic nitrogens is 2. The van der Waals surface area contributed by atoms with Crippen molar-refractivity contribution in [1.82, 2.24) is 15.1 Å². The van der Waals surface area contributed by atoms with Gasteiger partial charge in [0.1, 0.15) is 5.78 Å². The van der Waals surface area contributed by atoms with Crippen molar-refractivity contribution < 1.29 is 4.79 Å². The molecule has 0 aromatic carbocycles. The van der Waals surface area contributed by atoms with Gasteiger partial charge in [0, 0.05) is 18.7 Å². The van der Waals surface area contributed by atoms with Crippen LogP contribution in [0.1, 0.15) is 32.0 Å². The fraction of sp³-hybridized carbons (Fsp3) is 0.667. The average Bonchev–Trinajstić information content (AvgIpc) is 2.60. The molecule has 0 bridgehead atoms. The third-order valence-electron chi connectivity index (χ3n) is 2.95. The van der Waals surface area contributed by atoms with Crippen molar-refractivity contribution in [2.24, 2.45) is 5.92 Å². The maximum Gasteiger partial charge on any atom is 0.139 e. The van der Waals surface area contributed by atoms with Crippen molar-refractivity contribution in [2.45, 2.75) is 32.7 Å². The highest BCUT2D eigenvalue weighted by Gasteiger charge is 2.20. The highest BCUT2D eigenvalue weighted by atomic mass is 16.1. The van der Waals surface area contributed by atoms with Crippen molar-refractivity contribution in [3.8, 4) is 0 Å². The van der Waals surface area contributed by atoms with E-state index in [0.29, 0.717) is 30.6 Å². The molecule has 1 saturated heterocycles. The molecule has 16 heavy (non-hydrogen) atoms. The maximum absolute atomic E-state index is 11.7. The van der Waals surface area contributed by atoms with Gasteiger partial charge in [0.05, 0.1) is 12.1 Å². The fourth-order valence-electron chi connectivity index (χ4n) is 1.85. The summed E-state index contributed by atoms with van der Waals surface area (Å²) in [5.41, 5.74) is 0.894. The zero-order valence-electron chi connectivity index (χ0n) is 9.94. The zero-order chi connectivity index (χ0) is 11.5. The summed E-state index contributed by atoms with van der Waals surface area (Å²) in [6.45, 7) is 6.15. The van der Waals surface area contributed by atoms with Gasteiger partial charge in [0.15, 0.2) is 0 Å². The van der Waals surface area contributed by atoms with E-state index in [1.54, 1.807) is 0 Å². The molecule has 4 heteroatoms. The van der Waals surface area contributed by atoms with E-state index < -0.39 is 0 Å². The Bertz CT molecular complexity index is 366. The van der Waals surface area contributed by atoms with Gasteiger partial charge in [-0.3, -0.25) is 9.48 Å². The molecule has 0 spiro atoms. The third-order valence-corrected chi connectivity index (χ3v) is 2.95. The van der Waals surface area contributed by atoms with Crippen LogP contribution >= 0.6 is 0 Å². The fourth-order valence-corrected chi connectivity index (χ4v) is 1.85. The van der Waals surface area contributed by atoms with Crippen LogP contribution in [0.2, 0.25) is 0 Å². The number of ketones is 1. The minimum atomic E-state index is 0.306. The van der Waals surface area contributed by atoms with Crippen molar-refractivity contribution in [2.75, 3.05) is 13.1 Å². The van der Waals surface area contributed by atoms with Gasteiger partial charge in [-0.1, -0.05) is 0 Å². The lowest BCUT2D eigenvalue weighted by atomic mass is 9.95. The number of nitrogens with zero attached hydrogens (tertiary/aromatic N) is 2. The zero-order valence-corrected chi connectivity index (χ0v) is 9.94. The van der Waals surface area contributed by atoms with Gasteiger partial charge in [0.25, 0.3) is 0 Å².